The van der Waals surface area contributed by atoms with Gasteiger partial charge in [0.25, 0.3) is 0 Å². The van der Waals surface area contributed by atoms with E-state index in [9.17, 15) is 14.7 Å². The predicted molar refractivity (Wildman–Crippen MR) is 81.7 cm³/mol. The summed E-state index contributed by atoms with van der Waals surface area (Å²) in [5.41, 5.74) is -0.606. The van der Waals surface area contributed by atoms with Gasteiger partial charge in [0.2, 0.25) is 0 Å². The number of anilines is 1. The van der Waals surface area contributed by atoms with Crippen molar-refractivity contribution in [2.45, 2.75) is 25.3 Å². The van der Waals surface area contributed by atoms with Crippen molar-refractivity contribution in [2.75, 3.05) is 19.0 Å². The third-order valence-electron chi connectivity index (χ3n) is 3.71. The smallest absolute Gasteiger partial charge is 0.329 e. The molecule has 2 rings (SSSR count). The molecule has 2 N–H and O–H groups in total. The Morgan fingerprint density at radius 3 is 2.76 bits per heavy atom. The zero-order valence-corrected chi connectivity index (χ0v) is 13.4. The lowest BCUT2D eigenvalue weighted by molar-refractivity contribution is -0.146. The van der Waals surface area contributed by atoms with Crippen LogP contribution in [0, 0.1) is 0 Å². The predicted octanol–water partition coefficient (Wildman–Crippen LogP) is 2.93. The summed E-state index contributed by atoms with van der Waals surface area (Å²) in [6.45, 7) is 2.00. The van der Waals surface area contributed by atoms with E-state index in [2.05, 4.69) is 21.2 Å². The van der Waals surface area contributed by atoms with Gasteiger partial charge < -0.3 is 20.1 Å². The number of rotatable bonds is 3. The number of carbonyl (C=O) groups is 2. The average molecular weight is 357 g/mol. The van der Waals surface area contributed by atoms with Gasteiger partial charge in [-0.1, -0.05) is 15.9 Å². The highest BCUT2D eigenvalue weighted by Crippen LogP contribution is 2.31. The summed E-state index contributed by atoms with van der Waals surface area (Å²) in [4.78, 5) is 25.1. The van der Waals surface area contributed by atoms with Crippen molar-refractivity contribution in [3.8, 4) is 5.75 Å². The molecule has 7 heteroatoms. The van der Waals surface area contributed by atoms with Gasteiger partial charge >= 0.3 is 12.0 Å². The van der Waals surface area contributed by atoms with Crippen molar-refractivity contribution in [3.63, 3.8) is 0 Å². The van der Waals surface area contributed by atoms with Crippen LogP contribution in [0.2, 0.25) is 0 Å². The van der Waals surface area contributed by atoms with Crippen molar-refractivity contribution in [1.29, 1.82) is 0 Å². The van der Waals surface area contributed by atoms with E-state index in [1.54, 1.807) is 25.1 Å². The van der Waals surface area contributed by atoms with E-state index in [-0.39, 0.29) is 0 Å². The first kappa shape index (κ1) is 15.6. The monoisotopic (exact) mass is 356 g/mol. The molecule has 0 spiro atoms. The molecule has 1 aliphatic heterocycles. The van der Waals surface area contributed by atoms with Crippen LogP contribution in [0.25, 0.3) is 0 Å². The number of carboxylic acids is 1. The number of methoxy groups -OCH3 is 1. The van der Waals surface area contributed by atoms with Gasteiger partial charge in [-0.25, -0.2) is 9.59 Å². The zero-order chi connectivity index (χ0) is 15.6. The second-order valence-electron chi connectivity index (χ2n) is 5.14. The summed E-state index contributed by atoms with van der Waals surface area (Å²) >= 11 is 3.33. The number of carboxylic acid groups (broad SMARTS) is 1. The Hall–Kier alpha value is -1.76. The fourth-order valence-electron chi connectivity index (χ4n) is 2.45. The Kier molecular flexibility index (Phi) is 4.41. The molecule has 6 nitrogen and oxygen atoms in total. The first-order chi connectivity index (χ1) is 9.86. The molecule has 0 aliphatic carbocycles. The number of benzene rings is 1. The summed E-state index contributed by atoms with van der Waals surface area (Å²) < 4.78 is 5.90. The number of hydrogen-bond acceptors (Lipinski definition) is 3. The fourth-order valence-corrected chi connectivity index (χ4v) is 2.93. The lowest BCUT2D eigenvalue weighted by atomic mass is 10.00. The molecule has 0 radical (unpaired) electrons. The number of aliphatic carboxylic acids is 1. The van der Waals surface area contributed by atoms with Crippen LogP contribution in [0.3, 0.4) is 0 Å². The Morgan fingerprint density at radius 1 is 1.43 bits per heavy atom. The van der Waals surface area contributed by atoms with Gasteiger partial charge in [0.05, 0.1) is 7.11 Å². The number of ether oxygens (including phenoxy) is 1. The standard InChI is InChI=1S/C14H17BrN2O4/c1-14(12(18)19)4-3-5-17(14)13(20)16-10-6-9(15)7-11(8-10)21-2/h6-8H,3-5H2,1-2H3,(H,16,20)(H,18,19). The minimum atomic E-state index is -1.15. The highest BCUT2D eigenvalue weighted by atomic mass is 79.9. The van der Waals surface area contributed by atoms with E-state index < -0.39 is 17.5 Å². The van der Waals surface area contributed by atoms with E-state index in [0.717, 1.165) is 4.47 Å². The second kappa shape index (κ2) is 5.93. The van der Waals surface area contributed by atoms with Crippen molar-refractivity contribution in [2.24, 2.45) is 0 Å². The molecule has 0 bridgehead atoms. The minimum Gasteiger partial charge on any atom is -0.497 e. The van der Waals surface area contributed by atoms with Gasteiger partial charge in [-0.15, -0.1) is 0 Å². The van der Waals surface area contributed by atoms with Crippen molar-refractivity contribution in [3.05, 3.63) is 22.7 Å². The molecular weight excluding hydrogens is 340 g/mol. The lowest BCUT2D eigenvalue weighted by Gasteiger charge is -2.31. The van der Waals surface area contributed by atoms with Crippen molar-refractivity contribution >= 4 is 33.6 Å². The van der Waals surface area contributed by atoms with Crippen LogP contribution in [0.4, 0.5) is 10.5 Å². The van der Waals surface area contributed by atoms with Crippen LogP contribution in [-0.4, -0.2) is 41.2 Å². The third-order valence-corrected chi connectivity index (χ3v) is 4.16. The molecule has 0 saturated carbocycles. The third kappa shape index (κ3) is 3.12. The number of nitrogens with zero attached hydrogens (tertiary/aromatic N) is 1. The number of likely N-dealkylation sites (tertiary alicyclic amines) is 1. The molecule has 1 saturated heterocycles. The van der Waals surface area contributed by atoms with Gasteiger partial charge in [0, 0.05) is 22.8 Å². The van der Waals surface area contributed by atoms with Crippen LogP contribution < -0.4 is 10.1 Å². The average Bonchev–Trinajstić information content (AvgIpc) is 2.81. The van der Waals surface area contributed by atoms with Crippen LogP contribution >= 0.6 is 15.9 Å². The summed E-state index contributed by atoms with van der Waals surface area (Å²) in [5, 5.41) is 12.1. The van der Waals surface area contributed by atoms with E-state index in [1.807, 2.05) is 0 Å². The Labute approximate surface area is 131 Å². The molecule has 2 amide bonds. The number of urea groups is 1. The maximum Gasteiger partial charge on any atom is 0.329 e. The molecule has 1 heterocycles. The molecule has 1 atom stereocenters. The maximum absolute atomic E-state index is 12.3. The molecular formula is C14H17BrN2O4. The molecule has 1 unspecified atom stereocenters. The van der Waals surface area contributed by atoms with Gasteiger partial charge in [-0.05, 0) is 31.9 Å². The quantitative estimate of drug-likeness (QED) is 0.872. The molecule has 1 aromatic carbocycles. The number of carbonyl (C=O) groups excluding carboxylic acids is 1. The summed E-state index contributed by atoms with van der Waals surface area (Å²) in [6.07, 6.45) is 1.13. The molecule has 114 valence electrons. The first-order valence-electron chi connectivity index (χ1n) is 6.53. The number of amides is 2. The van der Waals surface area contributed by atoms with Gasteiger partial charge in [0.1, 0.15) is 11.3 Å². The normalized spacial score (nSPS) is 21.2. The highest BCUT2D eigenvalue weighted by Gasteiger charge is 2.46. The summed E-state index contributed by atoms with van der Waals surface area (Å²) in [6, 6.07) is 4.76. The zero-order valence-electron chi connectivity index (χ0n) is 11.9. The number of nitrogens with one attached hydrogen (secondary N) is 1. The summed E-state index contributed by atoms with van der Waals surface area (Å²) in [7, 11) is 1.54. The number of halogens is 1. The largest absolute Gasteiger partial charge is 0.497 e. The molecule has 1 fully saturated rings. The Balaban J connectivity index is 2.18. The van der Waals surface area contributed by atoms with Crippen molar-refractivity contribution < 1.29 is 19.4 Å². The van der Waals surface area contributed by atoms with Crippen LogP contribution in [0.5, 0.6) is 5.75 Å². The van der Waals surface area contributed by atoms with Crippen LogP contribution in [0.1, 0.15) is 19.8 Å². The molecule has 1 aliphatic rings. The number of hydrogen-bond donors (Lipinski definition) is 2. The maximum atomic E-state index is 12.3. The van der Waals surface area contributed by atoms with E-state index in [1.165, 1.54) is 12.0 Å². The molecule has 1 aromatic rings. The Bertz CT molecular complexity index is 578. The second-order valence-corrected chi connectivity index (χ2v) is 6.06. The lowest BCUT2D eigenvalue weighted by Crippen LogP contribution is -2.52. The SMILES string of the molecule is COc1cc(Br)cc(NC(=O)N2CCCC2(C)C(=O)O)c1. The fraction of sp³-hybridized carbons (Fsp3) is 0.429. The van der Waals surface area contributed by atoms with E-state index in [0.29, 0.717) is 30.8 Å². The van der Waals surface area contributed by atoms with Gasteiger partial charge in [0.15, 0.2) is 0 Å². The van der Waals surface area contributed by atoms with E-state index >= 15 is 0 Å². The van der Waals surface area contributed by atoms with E-state index in [4.69, 9.17) is 4.74 Å². The van der Waals surface area contributed by atoms with Crippen LogP contribution in [0.15, 0.2) is 22.7 Å². The van der Waals surface area contributed by atoms with Crippen LogP contribution in [-0.2, 0) is 4.79 Å². The molecule has 21 heavy (non-hydrogen) atoms. The Morgan fingerprint density at radius 2 is 2.14 bits per heavy atom. The van der Waals surface area contributed by atoms with Crippen molar-refractivity contribution in [1.82, 2.24) is 4.90 Å². The highest BCUT2D eigenvalue weighted by molar-refractivity contribution is 9.10. The van der Waals surface area contributed by atoms with Gasteiger partial charge in [-0.3, -0.25) is 0 Å². The topological polar surface area (TPSA) is 78.9 Å². The summed E-state index contributed by atoms with van der Waals surface area (Å²) in [5.74, 6) is -0.385. The minimum absolute atomic E-state index is 0.419. The van der Waals surface area contributed by atoms with Gasteiger partial charge in [-0.2, -0.15) is 0 Å². The first-order valence-corrected chi connectivity index (χ1v) is 7.33. The molecule has 0 aromatic heterocycles.